The molecule has 0 amide bonds. The molecule has 0 bridgehead atoms. The van der Waals surface area contributed by atoms with Crippen molar-refractivity contribution in [3.05, 3.63) is 40.8 Å². The Kier molecular flexibility index (Phi) is 3.50. The minimum absolute atomic E-state index is 0.0122. The van der Waals surface area contributed by atoms with Crippen LogP contribution in [0.2, 0.25) is 0 Å². The van der Waals surface area contributed by atoms with Gasteiger partial charge in [0.15, 0.2) is 4.21 Å². The van der Waals surface area contributed by atoms with Crippen molar-refractivity contribution in [3.8, 4) is 6.07 Å². The minimum atomic E-state index is -3.85. The van der Waals surface area contributed by atoms with E-state index in [0.29, 0.717) is 5.01 Å². The highest BCUT2D eigenvalue weighted by atomic mass is 32.2. The van der Waals surface area contributed by atoms with Crippen molar-refractivity contribution >= 4 is 27.0 Å². The Bertz CT molecular complexity index is 762. The summed E-state index contributed by atoms with van der Waals surface area (Å²) in [6, 6.07) is 5.37. The van der Waals surface area contributed by atoms with Gasteiger partial charge in [-0.3, -0.25) is 4.72 Å². The first-order chi connectivity index (χ1) is 8.94. The van der Waals surface area contributed by atoms with Gasteiger partial charge in [0.25, 0.3) is 10.0 Å². The van der Waals surface area contributed by atoms with E-state index in [2.05, 4.69) is 9.71 Å². The minimum Gasteiger partial charge on any atom is -0.277 e. The molecule has 0 spiro atoms. The maximum atomic E-state index is 13.4. The molecule has 19 heavy (non-hydrogen) atoms. The molecule has 0 unspecified atom stereocenters. The number of nitriles is 1. The zero-order valence-electron chi connectivity index (χ0n) is 9.71. The van der Waals surface area contributed by atoms with Gasteiger partial charge in [-0.15, -0.1) is 11.3 Å². The fraction of sp³-hybridized carbons (Fsp3) is 0.0909. The fourth-order valence-corrected chi connectivity index (χ4v) is 3.56. The molecular weight excluding hydrogens is 289 g/mol. The van der Waals surface area contributed by atoms with Crippen molar-refractivity contribution in [2.45, 2.75) is 11.1 Å². The van der Waals surface area contributed by atoms with E-state index in [9.17, 15) is 12.8 Å². The summed E-state index contributed by atoms with van der Waals surface area (Å²) in [4.78, 5) is 3.84. The second-order valence-corrected chi connectivity index (χ2v) is 6.72. The molecule has 1 aromatic carbocycles. The highest BCUT2D eigenvalue weighted by Gasteiger charge is 2.19. The highest BCUT2D eigenvalue weighted by molar-refractivity contribution is 7.94. The van der Waals surface area contributed by atoms with Crippen LogP contribution in [0.15, 0.2) is 28.6 Å². The summed E-state index contributed by atoms with van der Waals surface area (Å²) in [7, 11) is -3.85. The van der Waals surface area contributed by atoms with Crippen molar-refractivity contribution in [2.75, 3.05) is 4.72 Å². The van der Waals surface area contributed by atoms with Gasteiger partial charge in [0.05, 0.1) is 16.9 Å². The van der Waals surface area contributed by atoms with E-state index in [4.69, 9.17) is 5.26 Å². The summed E-state index contributed by atoms with van der Waals surface area (Å²) in [5.41, 5.74) is -0.430. The summed E-state index contributed by atoms with van der Waals surface area (Å²) in [6.07, 6.45) is 1.22. The zero-order chi connectivity index (χ0) is 14.0. The lowest BCUT2D eigenvalue weighted by molar-refractivity contribution is 0.602. The molecule has 0 aliphatic rings. The van der Waals surface area contributed by atoms with Crippen molar-refractivity contribution < 1.29 is 12.8 Å². The van der Waals surface area contributed by atoms with Crippen LogP contribution in [-0.2, 0) is 10.0 Å². The van der Waals surface area contributed by atoms with Gasteiger partial charge in [0.1, 0.15) is 17.4 Å². The van der Waals surface area contributed by atoms with Crippen LogP contribution in [-0.4, -0.2) is 13.4 Å². The molecule has 1 heterocycles. The van der Waals surface area contributed by atoms with Gasteiger partial charge in [-0.05, 0) is 19.1 Å². The van der Waals surface area contributed by atoms with E-state index in [0.717, 1.165) is 17.4 Å². The third-order valence-corrected chi connectivity index (χ3v) is 4.97. The molecule has 0 aliphatic heterocycles. The van der Waals surface area contributed by atoms with Crippen LogP contribution >= 0.6 is 11.3 Å². The van der Waals surface area contributed by atoms with Crippen molar-refractivity contribution in [2.24, 2.45) is 0 Å². The standard InChI is InChI=1S/C11H8FN3O2S2/c1-7-14-6-11(18-7)19(16,17)15-10-4-2-3-9(12)8(10)5-13/h2-4,6,15H,1H3. The molecule has 0 fully saturated rings. The number of hydrogen-bond acceptors (Lipinski definition) is 5. The first-order valence-corrected chi connectivity index (χ1v) is 7.38. The number of halogens is 1. The van der Waals surface area contributed by atoms with Crippen LogP contribution in [0, 0.1) is 24.1 Å². The van der Waals surface area contributed by atoms with Crippen molar-refractivity contribution in [1.29, 1.82) is 5.26 Å². The quantitative estimate of drug-likeness (QED) is 0.942. The second-order valence-electron chi connectivity index (χ2n) is 3.58. The summed E-state index contributed by atoms with van der Waals surface area (Å²) < 4.78 is 39.6. The van der Waals surface area contributed by atoms with Gasteiger partial charge in [-0.2, -0.15) is 5.26 Å². The zero-order valence-corrected chi connectivity index (χ0v) is 11.3. The number of aryl methyl sites for hydroxylation is 1. The van der Waals surface area contributed by atoms with E-state index in [1.807, 2.05) is 0 Å². The van der Waals surface area contributed by atoms with Crippen LogP contribution < -0.4 is 4.72 Å². The van der Waals surface area contributed by atoms with E-state index in [1.54, 1.807) is 13.0 Å². The van der Waals surface area contributed by atoms with Crippen molar-refractivity contribution in [1.82, 2.24) is 4.98 Å². The number of anilines is 1. The number of benzene rings is 1. The Morgan fingerprint density at radius 2 is 2.21 bits per heavy atom. The molecular formula is C11H8FN3O2S2. The number of hydrogen-bond donors (Lipinski definition) is 1. The number of aromatic nitrogens is 1. The van der Waals surface area contributed by atoms with Crippen LogP contribution in [0.25, 0.3) is 0 Å². The van der Waals surface area contributed by atoms with Gasteiger partial charge in [-0.1, -0.05) is 6.07 Å². The molecule has 5 nitrogen and oxygen atoms in total. The van der Waals surface area contributed by atoms with E-state index < -0.39 is 15.8 Å². The summed E-state index contributed by atoms with van der Waals surface area (Å²) in [5, 5.41) is 9.43. The van der Waals surface area contributed by atoms with Gasteiger partial charge < -0.3 is 0 Å². The summed E-state index contributed by atoms with van der Waals surface area (Å²) in [6.45, 7) is 1.67. The van der Waals surface area contributed by atoms with E-state index >= 15 is 0 Å². The molecule has 0 saturated carbocycles. The van der Waals surface area contributed by atoms with Gasteiger partial charge in [0, 0.05) is 0 Å². The average molecular weight is 297 g/mol. The Labute approximate surface area is 113 Å². The van der Waals surface area contributed by atoms with Crippen LogP contribution in [0.3, 0.4) is 0 Å². The fourth-order valence-electron chi connectivity index (χ4n) is 1.38. The Hall–Kier alpha value is -1.98. The number of nitrogens with zero attached hydrogens (tertiary/aromatic N) is 2. The van der Waals surface area contributed by atoms with Crippen LogP contribution in [0.5, 0.6) is 0 Å². The van der Waals surface area contributed by atoms with Gasteiger partial charge in [0.2, 0.25) is 0 Å². The lowest BCUT2D eigenvalue weighted by Crippen LogP contribution is -2.13. The number of rotatable bonds is 3. The molecule has 0 radical (unpaired) electrons. The van der Waals surface area contributed by atoms with Crippen molar-refractivity contribution in [3.63, 3.8) is 0 Å². The summed E-state index contributed by atoms with van der Waals surface area (Å²) >= 11 is 0.993. The van der Waals surface area contributed by atoms with E-state index in [-0.39, 0.29) is 15.5 Å². The van der Waals surface area contributed by atoms with Crippen LogP contribution in [0.1, 0.15) is 10.6 Å². The summed E-state index contributed by atoms with van der Waals surface area (Å²) in [5.74, 6) is -0.775. The molecule has 1 aromatic heterocycles. The smallest absolute Gasteiger partial charge is 0.273 e. The van der Waals surface area contributed by atoms with Gasteiger partial charge >= 0.3 is 0 Å². The van der Waals surface area contributed by atoms with Crippen LogP contribution in [0.4, 0.5) is 10.1 Å². The third-order valence-electron chi connectivity index (χ3n) is 2.23. The molecule has 0 aliphatic carbocycles. The lowest BCUT2D eigenvalue weighted by atomic mass is 10.2. The lowest BCUT2D eigenvalue weighted by Gasteiger charge is -2.07. The predicted octanol–water partition coefficient (Wildman–Crippen LogP) is 2.26. The molecule has 0 saturated heterocycles. The number of sulfonamides is 1. The molecule has 1 N–H and O–H groups in total. The number of nitrogens with one attached hydrogen (secondary N) is 1. The SMILES string of the molecule is Cc1ncc(S(=O)(=O)Nc2cccc(F)c2C#N)s1. The highest BCUT2D eigenvalue weighted by Crippen LogP contribution is 2.24. The van der Waals surface area contributed by atoms with Gasteiger partial charge in [-0.25, -0.2) is 17.8 Å². The average Bonchev–Trinajstić information content (AvgIpc) is 2.76. The normalized spacial score (nSPS) is 11.0. The predicted molar refractivity (Wildman–Crippen MR) is 68.8 cm³/mol. The first-order valence-electron chi connectivity index (χ1n) is 5.08. The largest absolute Gasteiger partial charge is 0.277 e. The first kappa shape index (κ1) is 13.5. The maximum absolute atomic E-state index is 13.4. The van der Waals surface area contributed by atoms with E-state index in [1.165, 1.54) is 18.3 Å². The molecule has 8 heteroatoms. The topological polar surface area (TPSA) is 82.8 Å². The Morgan fingerprint density at radius 1 is 1.47 bits per heavy atom. The Balaban J connectivity index is 2.42. The monoisotopic (exact) mass is 297 g/mol. The second kappa shape index (κ2) is 4.95. The third kappa shape index (κ3) is 2.72. The maximum Gasteiger partial charge on any atom is 0.273 e. The Morgan fingerprint density at radius 3 is 2.79 bits per heavy atom. The molecule has 0 atom stereocenters. The molecule has 2 aromatic rings. The molecule has 98 valence electrons. The molecule has 2 rings (SSSR count). The number of thiazole rings is 1.